The van der Waals surface area contributed by atoms with Crippen molar-refractivity contribution >= 4 is 0 Å². The minimum absolute atomic E-state index is 0.275. The Hall–Kier alpha value is -0.600. The van der Waals surface area contributed by atoms with Crippen LogP contribution in [0.5, 0.6) is 0 Å². The van der Waals surface area contributed by atoms with Gasteiger partial charge >= 0.3 is 0 Å². The number of hydrogen-bond donors (Lipinski definition) is 2. The molecule has 2 N–H and O–H groups in total. The highest BCUT2D eigenvalue weighted by atomic mass is 16.3. The van der Waals surface area contributed by atoms with Gasteiger partial charge in [-0.3, -0.25) is 0 Å². The van der Waals surface area contributed by atoms with E-state index in [9.17, 15) is 5.11 Å². The molecule has 1 saturated carbocycles. The van der Waals surface area contributed by atoms with Crippen LogP contribution >= 0.6 is 0 Å². The highest BCUT2D eigenvalue weighted by Crippen LogP contribution is 2.45. The predicted octanol–water partition coefficient (Wildman–Crippen LogP) is 5.01. The summed E-state index contributed by atoms with van der Waals surface area (Å²) in [6.45, 7) is 2.53. The van der Waals surface area contributed by atoms with Crippen LogP contribution in [0.2, 0.25) is 0 Å². The summed E-state index contributed by atoms with van der Waals surface area (Å²) in [5.41, 5.74) is 0. The van der Waals surface area contributed by atoms with Gasteiger partial charge in [-0.2, -0.15) is 0 Å². The number of rotatable bonds is 14. The van der Waals surface area contributed by atoms with Crippen molar-refractivity contribution in [1.82, 2.24) is 0 Å². The lowest BCUT2D eigenvalue weighted by Crippen LogP contribution is -2.00. The molecule has 1 aliphatic carbocycles. The minimum Gasteiger partial charge on any atom is -0.396 e. The van der Waals surface area contributed by atoms with Gasteiger partial charge in [0, 0.05) is 6.61 Å². The lowest BCUT2D eigenvalue weighted by atomic mass is 10.1. The third kappa shape index (κ3) is 10.2. The second-order valence-electron chi connectivity index (χ2n) is 6.78. The van der Waals surface area contributed by atoms with Crippen LogP contribution in [0.25, 0.3) is 0 Å². The van der Waals surface area contributed by atoms with Crippen molar-refractivity contribution in [2.75, 3.05) is 6.61 Å². The maximum Gasteiger partial charge on any atom is 0.0723 e. The van der Waals surface area contributed by atoms with Crippen LogP contribution in [0.3, 0.4) is 0 Å². The zero-order valence-electron chi connectivity index (χ0n) is 14.4. The van der Waals surface area contributed by atoms with Crippen LogP contribution in [0.15, 0.2) is 24.3 Å². The van der Waals surface area contributed by atoms with Gasteiger partial charge in [-0.1, -0.05) is 69.8 Å². The van der Waals surface area contributed by atoms with E-state index in [1.807, 2.05) is 12.2 Å². The predicted molar refractivity (Wildman–Crippen MR) is 94.8 cm³/mol. The van der Waals surface area contributed by atoms with Gasteiger partial charge in [0.05, 0.1) is 6.10 Å². The van der Waals surface area contributed by atoms with Crippen LogP contribution in [0.4, 0.5) is 0 Å². The Kier molecular flexibility index (Phi) is 11.4. The molecule has 1 fully saturated rings. The first-order valence-corrected chi connectivity index (χ1v) is 9.40. The van der Waals surface area contributed by atoms with E-state index < -0.39 is 0 Å². The SMILES string of the molecule is CCCCCC(O)C=CC=CCC[C@@H]1C[C@H]1CCCCCO. The highest BCUT2D eigenvalue weighted by Gasteiger charge is 2.34. The molecule has 0 aromatic rings. The van der Waals surface area contributed by atoms with Crippen molar-refractivity contribution in [3.8, 4) is 0 Å². The second kappa shape index (κ2) is 12.9. The molecule has 0 saturated heterocycles. The number of unbranched alkanes of at least 4 members (excludes halogenated alkanes) is 4. The van der Waals surface area contributed by atoms with E-state index in [1.165, 1.54) is 44.9 Å². The molecule has 1 aliphatic rings. The first-order valence-electron chi connectivity index (χ1n) is 9.40. The number of hydrogen-bond acceptors (Lipinski definition) is 2. The average Bonchev–Trinajstić information content (AvgIpc) is 3.26. The smallest absolute Gasteiger partial charge is 0.0723 e. The molecule has 2 heteroatoms. The molecule has 1 rings (SSSR count). The zero-order chi connectivity index (χ0) is 16.0. The molecule has 0 bridgehead atoms. The summed E-state index contributed by atoms with van der Waals surface area (Å²) in [5, 5.41) is 18.5. The average molecular weight is 309 g/mol. The summed E-state index contributed by atoms with van der Waals surface area (Å²) in [5.74, 6) is 1.91. The van der Waals surface area contributed by atoms with E-state index in [4.69, 9.17) is 5.11 Å². The molecule has 22 heavy (non-hydrogen) atoms. The Morgan fingerprint density at radius 3 is 2.59 bits per heavy atom. The summed E-state index contributed by atoms with van der Waals surface area (Å²) >= 11 is 0. The third-order valence-electron chi connectivity index (χ3n) is 4.69. The Morgan fingerprint density at radius 1 is 1.00 bits per heavy atom. The van der Waals surface area contributed by atoms with E-state index in [1.54, 1.807) is 0 Å². The van der Waals surface area contributed by atoms with Crippen molar-refractivity contribution in [2.24, 2.45) is 11.8 Å². The van der Waals surface area contributed by atoms with Crippen LogP contribution < -0.4 is 0 Å². The van der Waals surface area contributed by atoms with Gasteiger partial charge in [0.15, 0.2) is 0 Å². The van der Waals surface area contributed by atoms with Crippen molar-refractivity contribution in [2.45, 2.75) is 83.7 Å². The molecule has 128 valence electrons. The Labute approximate surface area is 137 Å². The lowest BCUT2D eigenvalue weighted by molar-refractivity contribution is 0.208. The minimum atomic E-state index is -0.275. The summed E-state index contributed by atoms with van der Waals surface area (Å²) < 4.78 is 0. The maximum atomic E-state index is 9.75. The van der Waals surface area contributed by atoms with Crippen molar-refractivity contribution in [3.05, 3.63) is 24.3 Å². The number of aliphatic hydroxyl groups excluding tert-OH is 2. The zero-order valence-corrected chi connectivity index (χ0v) is 14.4. The number of aliphatic hydroxyl groups is 2. The van der Waals surface area contributed by atoms with Gasteiger partial charge in [-0.25, -0.2) is 0 Å². The van der Waals surface area contributed by atoms with E-state index in [0.717, 1.165) is 37.5 Å². The first kappa shape index (κ1) is 19.4. The van der Waals surface area contributed by atoms with Crippen LogP contribution in [-0.2, 0) is 0 Å². The second-order valence-corrected chi connectivity index (χ2v) is 6.78. The van der Waals surface area contributed by atoms with Gasteiger partial charge in [0.2, 0.25) is 0 Å². The fourth-order valence-corrected chi connectivity index (χ4v) is 3.09. The normalized spacial score (nSPS) is 22.7. The molecule has 0 aromatic heterocycles. The quantitative estimate of drug-likeness (QED) is 0.350. The molecule has 0 aromatic carbocycles. The van der Waals surface area contributed by atoms with Crippen LogP contribution in [0.1, 0.15) is 77.6 Å². The Morgan fingerprint density at radius 2 is 1.82 bits per heavy atom. The van der Waals surface area contributed by atoms with Gasteiger partial charge in [0.1, 0.15) is 0 Å². The fraction of sp³-hybridized carbons (Fsp3) is 0.800. The molecular weight excluding hydrogens is 272 g/mol. The molecular formula is C20H36O2. The highest BCUT2D eigenvalue weighted by molar-refractivity contribution is 5.05. The first-order chi connectivity index (χ1) is 10.8. The monoisotopic (exact) mass is 308 g/mol. The van der Waals surface area contributed by atoms with E-state index >= 15 is 0 Å². The summed E-state index contributed by atoms with van der Waals surface area (Å²) in [7, 11) is 0. The molecule has 0 spiro atoms. The van der Waals surface area contributed by atoms with Gasteiger partial charge in [0.25, 0.3) is 0 Å². The molecule has 1 unspecified atom stereocenters. The van der Waals surface area contributed by atoms with E-state index in [-0.39, 0.29) is 6.10 Å². The van der Waals surface area contributed by atoms with Crippen molar-refractivity contribution < 1.29 is 10.2 Å². The topological polar surface area (TPSA) is 40.5 Å². The largest absolute Gasteiger partial charge is 0.396 e. The van der Waals surface area contributed by atoms with E-state index in [2.05, 4.69) is 19.1 Å². The number of allylic oxidation sites excluding steroid dienone is 3. The van der Waals surface area contributed by atoms with Gasteiger partial charge in [-0.05, 0) is 43.9 Å². The summed E-state index contributed by atoms with van der Waals surface area (Å²) in [4.78, 5) is 0. The van der Waals surface area contributed by atoms with Gasteiger partial charge in [-0.15, -0.1) is 0 Å². The molecule has 0 radical (unpaired) electrons. The van der Waals surface area contributed by atoms with Crippen molar-refractivity contribution in [3.63, 3.8) is 0 Å². The van der Waals surface area contributed by atoms with Crippen LogP contribution in [-0.4, -0.2) is 22.9 Å². The third-order valence-corrected chi connectivity index (χ3v) is 4.69. The molecule has 0 amide bonds. The van der Waals surface area contributed by atoms with E-state index in [0.29, 0.717) is 6.61 Å². The fourth-order valence-electron chi connectivity index (χ4n) is 3.09. The molecule has 0 heterocycles. The standard InChI is InChI=1S/C20H36O2/c1-2-3-7-14-20(22)15-10-5-4-8-12-18-17-19(18)13-9-6-11-16-21/h4-5,10,15,18-22H,2-3,6-9,11-14,16-17H2,1H3/t18-,19-,20?/m1/s1. The van der Waals surface area contributed by atoms with Crippen LogP contribution in [0, 0.1) is 11.8 Å². The molecule has 2 nitrogen and oxygen atoms in total. The Balaban J connectivity index is 1.94. The molecule has 3 atom stereocenters. The lowest BCUT2D eigenvalue weighted by Gasteiger charge is -2.03. The molecule has 0 aliphatic heterocycles. The summed E-state index contributed by atoms with van der Waals surface area (Å²) in [6, 6.07) is 0. The Bertz CT molecular complexity index is 309. The maximum absolute atomic E-state index is 9.75. The van der Waals surface area contributed by atoms with Crippen molar-refractivity contribution in [1.29, 1.82) is 0 Å². The van der Waals surface area contributed by atoms with Gasteiger partial charge < -0.3 is 10.2 Å². The summed E-state index contributed by atoms with van der Waals surface area (Å²) in [6.07, 6.45) is 21.1.